The molecule has 1 aliphatic rings. The fraction of sp³-hybridized carbons (Fsp3) is 0.722. The SMILES string of the molecule is C=CC(=O)OCC(C)(CCCCCCCC(=O)O)C(=O)OCC1CO1. The van der Waals surface area contributed by atoms with Crippen LogP contribution >= 0.6 is 0 Å². The minimum atomic E-state index is -0.908. The van der Waals surface area contributed by atoms with E-state index in [1.807, 2.05) is 0 Å². The molecule has 0 aromatic heterocycles. The van der Waals surface area contributed by atoms with Gasteiger partial charge in [0.2, 0.25) is 0 Å². The lowest BCUT2D eigenvalue weighted by atomic mass is 9.85. The first-order chi connectivity index (χ1) is 11.9. The molecule has 1 fully saturated rings. The van der Waals surface area contributed by atoms with Crippen LogP contribution in [0.4, 0.5) is 0 Å². The largest absolute Gasteiger partial charge is 0.481 e. The number of aliphatic carboxylic acids is 1. The van der Waals surface area contributed by atoms with Crippen molar-refractivity contribution in [2.24, 2.45) is 5.41 Å². The van der Waals surface area contributed by atoms with E-state index in [0.717, 1.165) is 31.8 Å². The molecule has 0 amide bonds. The molecular weight excluding hydrogens is 328 g/mol. The van der Waals surface area contributed by atoms with Crippen LogP contribution in [0.5, 0.6) is 0 Å². The molecular formula is C18H28O7. The summed E-state index contributed by atoms with van der Waals surface area (Å²) in [7, 11) is 0. The monoisotopic (exact) mass is 356 g/mol. The van der Waals surface area contributed by atoms with Crippen molar-refractivity contribution >= 4 is 17.9 Å². The summed E-state index contributed by atoms with van der Waals surface area (Å²) in [4.78, 5) is 34.1. The van der Waals surface area contributed by atoms with Crippen LogP contribution in [-0.4, -0.2) is 48.9 Å². The van der Waals surface area contributed by atoms with E-state index in [-0.39, 0.29) is 25.7 Å². The zero-order valence-electron chi connectivity index (χ0n) is 14.8. The van der Waals surface area contributed by atoms with Crippen LogP contribution in [0.3, 0.4) is 0 Å². The van der Waals surface area contributed by atoms with Gasteiger partial charge in [0.25, 0.3) is 0 Å². The summed E-state index contributed by atoms with van der Waals surface area (Å²) in [6, 6.07) is 0. The minimum Gasteiger partial charge on any atom is -0.481 e. The number of carboxylic acid groups (broad SMARTS) is 1. The average molecular weight is 356 g/mol. The van der Waals surface area contributed by atoms with Gasteiger partial charge in [-0.2, -0.15) is 0 Å². The molecule has 142 valence electrons. The van der Waals surface area contributed by atoms with E-state index in [4.69, 9.17) is 19.3 Å². The van der Waals surface area contributed by atoms with Crippen LogP contribution in [-0.2, 0) is 28.6 Å². The first kappa shape index (κ1) is 21.2. The van der Waals surface area contributed by atoms with Crippen LogP contribution in [0.25, 0.3) is 0 Å². The van der Waals surface area contributed by atoms with Crippen molar-refractivity contribution < 1.29 is 33.7 Å². The molecule has 0 aromatic rings. The standard InChI is InChI=1S/C18H28O7/c1-3-16(21)25-13-18(2,17(22)24-12-14-11-23-14)10-8-6-4-5-7-9-15(19)20/h3,14H,1,4-13H2,2H3,(H,19,20). The van der Waals surface area contributed by atoms with Crippen molar-refractivity contribution in [2.75, 3.05) is 19.8 Å². The fourth-order valence-electron chi connectivity index (χ4n) is 2.35. The summed E-state index contributed by atoms with van der Waals surface area (Å²) in [5.74, 6) is -1.75. The second-order valence-corrected chi connectivity index (χ2v) is 6.59. The van der Waals surface area contributed by atoms with Crippen LogP contribution in [0.2, 0.25) is 0 Å². The number of hydrogen-bond acceptors (Lipinski definition) is 6. The third-order valence-electron chi connectivity index (χ3n) is 4.11. The maximum Gasteiger partial charge on any atom is 0.330 e. The van der Waals surface area contributed by atoms with Gasteiger partial charge in [0.1, 0.15) is 19.3 Å². The van der Waals surface area contributed by atoms with E-state index in [1.54, 1.807) is 6.92 Å². The molecule has 0 saturated carbocycles. The average Bonchev–Trinajstić information content (AvgIpc) is 3.40. The van der Waals surface area contributed by atoms with Crippen molar-refractivity contribution in [3.05, 3.63) is 12.7 Å². The second kappa shape index (κ2) is 10.9. The highest BCUT2D eigenvalue weighted by Crippen LogP contribution is 2.28. The van der Waals surface area contributed by atoms with Crippen molar-refractivity contribution in [1.82, 2.24) is 0 Å². The smallest absolute Gasteiger partial charge is 0.330 e. The minimum absolute atomic E-state index is 0.0156. The molecule has 0 spiro atoms. The topological polar surface area (TPSA) is 102 Å². The molecule has 1 saturated heterocycles. The summed E-state index contributed by atoms with van der Waals surface area (Å²) >= 11 is 0. The van der Waals surface area contributed by atoms with Crippen LogP contribution in [0.1, 0.15) is 51.9 Å². The normalized spacial score (nSPS) is 18.0. The van der Waals surface area contributed by atoms with Crippen molar-refractivity contribution in [3.8, 4) is 0 Å². The molecule has 0 bridgehead atoms. The Morgan fingerprint density at radius 1 is 1.20 bits per heavy atom. The highest BCUT2D eigenvalue weighted by atomic mass is 16.6. The van der Waals surface area contributed by atoms with E-state index in [1.165, 1.54) is 0 Å². The van der Waals surface area contributed by atoms with E-state index in [0.29, 0.717) is 19.4 Å². The Morgan fingerprint density at radius 3 is 2.44 bits per heavy atom. The Bertz CT molecular complexity index is 470. The van der Waals surface area contributed by atoms with E-state index in [2.05, 4.69) is 6.58 Å². The number of esters is 2. The van der Waals surface area contributed by atoms with E-state index < -0.39 is 23.3 Å². The first-order valence-corrected chi connectivity index (χ1v) is 8.67. The number of ether oxygens (including phenoxy) is 3. The quantitative estimate of drug-likeness (QED) is 0.221. The predicted octanol–water partition coefficient (Wildman–Crippen LogP) is 2.48. The maximum atomic E-state index is 12.4. The van der Waals surface area contributed by atoms with Crippen LogP contribution in [0, 0.1) is 5.41 Å². The fourth-order valence-corrected chi connectivity index (χ4v) is 2.35. The van der Waals surface area contributed by atoms with Gasteiger partial charge in [0.15, 0.2) is 0 Å². The summed E-state index contributed by atoms with van der Waals surface area (Å²) in [6.07, 6.45) is 5.82. The number of hydrogen-bond donors (Lipinski definition) is 1. The maximum absolute atomic E-state index is 12.4. The Kier molecular flexibility index (Phi) is 9.20. The summed E-state index contributed by atoms with van der Waals surface area (Å²) in [6.45, 7) is 5.84. The molecule has 0 aliphatic carbocycles. The molecule has 1 rings (SSSR count). The number of carbonyl (C=O) groups is 3. The molecule has 7 heteroatoms. The number of carboxylic acids is 1. The van der Waals surface area contributed by atoms with Crippen LogP contribution in [0.15, 0.2) is 12.7 Å². The lowest BCUT2D eigenvalue weighted by Gasteiger charge is -2.26. The molecule has 1 heterocycles. The highest BCUT2D eigenvalue weighted by molar-refractivity contribution is 5.82. The lowest BCUT2D eigenvalue weighted by molar-refractivity contribution is -0.162. The van der Waals surface area contributed by atoms with Gasteiger partial charge in [-0.1, -0.05) is 32.3 Å². The van der Waals surface area contributed by atoms with E-state index in [9.17, 15) is 14.4 Å². The highest BCUT2D eigenvalue weighted by Gasteiger charge is 2.37. The molecule has 25 heavy (non-hydrogen) atoms. The zero-order chi connectivity index (χ0) is 18.7. The van der Waals surface area contributed by atoms with Gasteiger partial charge >= 0.3 is 17.9 Å². The van der Waals surface area contributed by atoms with Gasteiger partial charge in [-0.15, -0.1) is 0 Å². The molecule has 2 unspecified atom stereocenters. The molecule has 0 radical (unpaired) electrons. The zero-order valence-corrected chi connectivity index (χ0v) is 14.8. The third kappa shape index (κ3) is 9.24. The predicted molar refractivity (Wildman–Crippen MR) is 89.9 cm³/mol. The van der Waals surface area contributed by atoms with Gasteiger partial charge in [-0.3, -0.25) is 9.59 Å². The Morgan fingerprint density at radius 2 is 1.84 bits per heavy atom. The number of unbranched alkanes of at least 4 members (excludes halogenated alkanes) is 4. The van der Waals surface area contributed by atoms with Gasteiger partial charge in [-0.05, 0) is 19.8 Å². The summed E-state index contributed by atoms with van der Waals surface area (Å²) in [5.41, 5.74) is -0.908. The van der Waals surface area contributed by atoms with Gasteiger partial charge in [-0.25, -0.2) is 4.79 Å². The number of epoxide rings is 1. The molecule has 2 atom stereocenters. The Hall–Kier alpha value is -1.89. The first-order valence-electron chi connectivity index (χ1n) is 8.67. The van der Waals surface area contributed by atoms with Gasteiger partial charge in [0, 0.05) is 12.5 Å². The third-order valence-corrected chi connectivity index (χ3v) is 4.11. The Labute approximate surface area is 148 Å². The number of carbonyl (C=O) groups excluding carboxylic acids is 2. The summed E-state index contributed by atoms with van der Waals surface area (Å²) in [5, 5.41) is 8.59. The van der Waals surface area contributed by atoms with Crippen LogP contribution < -0.4 is 0 Å². The summed E-state index contributed by atoms with van der Waals surface area (Å²) < 4.78 is 15.4. The van der Waals surface area contributed by atoms with Gasteiger partial charge in [0.05, 0.1) is 12.0 Å². The molecule has 0 aromatic carbocycles. The van der Waals surface area contributed by atoms with E-state index >= 15 is 0 Å². The van der Waals surface area contributed by atoms with Crippen molar-refractivity contribution in [1.29, 1.82) is 0 Å². The lowest BCUT2D eigenvalue weighted by Crippen LogP contribution is -2.36. The molecule has 1 aliphatic heterocycles. The Balaban J connectivity index is 2.37. The molecule has 7 nitrogen and oxygen atoms in total. The van der Waals surface area contributed by atoms with Crippen molar-refractivity contribution in [3.63, 3.8) is 0 Å². The van der Waals surface area contributed by atoms with Gasteiger partial charge < -0.3 is 19.3 Å². The van der Waals surface area contributed by atoms with Crippen molar-refractivity contribution in [2.45, 2.75) is 58.0 Å². The molecule has 1 N–H and O–H groups in total. The number of rotatable bonds is 14. The second-order valence-electron chi connectivity index (χ2n) is 6.59.